The van der Waals surface area contributed by atoms with Gasteiger partial charge in [0.05, 0.1) is 24.4 Å². The summed E-state index contributed by atoms with van der Waals surface area (Å²) < 4.78 is 22.3. The molecule has 0 aliphatic heterocycles. The fourth-order valence-electron chi connectivity index (χ4n) is 1.69. The fourth-order valence-corrected chi connectivity index (χ4v) is 1.69. The highest BCUT2D eigenvalue weighted by Gasteiger charge is 2.25. The summed E-state index contributed by atoms with van der Waals surface area (Å²) in [5.74, 6) is 0. The van der Waals surface area contributed by atoms with Gasteiger partial charge in [-0.15, -0.1) is 0 Å². The number of ether oxygens (including phenoxy) is 4. The first-order valence-corrected chi connectivity index (χ1v) is 6.74. The Bertz CT molecular complexity index is 204. The SMILES string of the molecule is CCOC(C)OCC(CC(C)(C)OC)OC(C)C. The van der Waals surface area contributed by atoms with Gasteiger partial charge in [0.25, 0.3) is 0 Å². The minimum absolute atomic E-state index is 0.0165. The van der Waals surface area contributed by atoms with E-state index in [1.165, 1.54) is 0 Å². The molecule has 110 valence electrons. The first kappa shape index (κ1) is 17.8. The smallest absolute Gasteiger partial charge is 0.154 e. The summed E-state index contributed by atoms with van der Waals surface area (Å²) in [5.41, 5.74) is -0.211. The molecule has 18 heavy (non-hydrogen) atoms. The molecule has 0 aromatic rings. The standard InChI is InChI=1S/C14H30O4/c1-8-16-12(4)17-10-13(18-11(2)3)9-14(5,6)15-7/h11-13H,8-10H2,1-7H3. The lowest BCUT2D eigenvalue weighted by Gasteiger charge is -2.30. The Balaban J connectivity index is 4.23. The third kappa shape index (κ3) is 8.86. The van der Waals surface area contributed by atoms with Crippen LogP contribution in [-0.2, 0) is 18.9 Å². The van der Waals surface area contributed by atoms with Crippen molar-refractivity contribution in [1.82, 2.24) is 0 Å². The van der Waals surface area contributed by atoms with Gasteiger partial charge in [-0.2, -0.15) is 0 Å². The molecule has 0 aliphatic carbocycles. The molecule has 4 nitrogen and oxygen atoms in total. The van der Waals surface area contributed by atoms with E-state index in [-0.39, 0.29) is 24.1 Å². The van der Waals surface area contributed by atoms with Crippen molar-refractivity contribution in [2.45, 2.75) is 72.1 Å². The second-order valence-corrected chi connectivity index (χ2v) is 5.33. The van der Waals surface area contributed by atoms with Gasteiger partial charge >= 0.3 is 0 Å². The van der Waals surface area contributed by atoms with Crippen LogP contribution in [0.25, 0.3) is 0 Å². The zero-order valence-electron chi connectivity index (χ0n) is 13.0. The van der Waals surface area contributed by atoms with Crippen LogP contribution in [0.2, 0.25) is 0 Å². The molecule has 0 rings (SSSR count). The Labute approximate surface area is 112 Å². The zero-order chi connectivity index (χ0) is 14.2. The highest BCUT2D eigenvalue weighted by atomic mass is 16.7. The number of hydrogen-bond acceptors (Lipinski definition) is 4. The van der Waals surface area contributed by atoms with Crippen molar-refractivity contribution in [3.05, 3.63) is 0 Å². The first-order valence-electron chi connectivity index (χ1n) is 6.74. The van der Waals surface area contributed by atoms with Crippen molar-refractivity contribution in [2.24, 2.45) is 0 Å². The minimum Gasteiger partial charge on any atom is -0.379 e. The topological polar surface area (TPSA) is 36.9 Å². The van der Waals surface area contributed by atoms with Crippen molar-refractivity contribution in [3.8, 4) is 0 Å². The predicted molar refractivity (Wildman–Crippen MR) is 72.8 cm³/mol. The molecule has 0 bridgehead atoms. The summed E-state index contributed by atoms with van der Waals surface area (Å²) in [5, 5.41) is 0. The third-order valence-corrected chi connectivity index (χ3v) is 2.65. The number of rotatable bonds is 10. The average Bonchev–Trinajstić information content (AvgIpc) is 2.25. The van der Waals surface area contributed by atoms with E-state index in [0.29, 0.717) is 13.2 Å². The lowest BCUT2D eigenvalue weighted by Crippen LogP contribution is -2.35. The van der Waals surface area contributed by atoms with Crippen LogP contribution in [0.3, 0.4) is 0 Å². The van der Waals surface area contributed by atoms with Crippen LogP contribution < -0.4 is 0 Å². The molecule has 0 aromatic heterocycles. The zero-order valence-corrected chi connectivity index (χ0v) is 13.0. The molecule has 0 aromatic carbocycles. The summed E-state index contributed by atoms with van der Waals surface area (Å²) in [6.45, 7) is 13.2. The minimum atomic E-state index is -0.211. The molecule has 0 spiro atoms. The van der Waals surface area contributed by atoms with Crippen molar-refractivity contribution >= 4 is 0 Å². The van der Waals surface area contributed by atoms with E-state index >= 15 is 0 Å². The maximum absolute atomic E-state index is 5.86. The van der Waals surface area contributed by atoms with Gasteiger partial charge in [-0.3, -0.25) is 0 Å². The molecule has 0 radical (unpaired) electrons. The van der Waals surface area contributed by atoms with Gasteiger partial charge in [-0.25, -0.2) is 0 Å². The van der Waals surface area contributed by atoms with Gasteiger partial charge in [0.15, 0.2) is 6.29 Å². The van der Waals surface area contributed by atoms with Crippen molar-refractivity contribution in [1.29, 1.82) is 0 Å². The molecular formula is C14H30O4. The van der Waals surface area contributed by atoms with E-state index in [9.17, 15) is 0 Å². The predicted octanol–water partition coefficient (Wildman–Crippen LogP) is 2.99. The van der Waals surface area contributed by atoms with E-state index in [1.807, 2.05) is 27.7 Å². The van der Waals surface area contributed by atoms with Crippen molar-refractivity contribution < 1.29 is 18.9 Å². The monoisotopic (exact) mass is 262 g/mol. The van der Waals surface area contributed by atoms with E-state index in [4.69, 9.17) is 18.9 Å². The molecule has 0 fully saturated rings. The normalized spacial score (nSPS) is 16.0. The highest BCUT2D eigenvalue weighted by molar-refractivity contribution is 4.74. The Morgan fingerprint density at radius 2 is 1.67 bits per heavy atom. The second kappa shape index (κ2) is 8.86. The van der Waals surface area contributed by atoms with Crippen LogP contribution in [0.5, 0.6) is 0 Å². The quantitative estimate of drug-likeness (QED) is 0.567. The molecule has 0 saturated heterocycles. The van der Waals surface area contributed by atoms with Crippen molar-refractivity contribution in [3.63, 3.8) is 0 Å². The molecule has 0 N–H and O–H groups in total. The number of hydrogen-bond donors (Lipinski definition) is 0. The van der Waals surface area contributed by atoms with Crippen molar-refractivity contribution in [2.75, 3.05) is 20.3 Å². The van der Waals surface area contributed by atoms with Crippen LogP contribution in [-0.4, -0.2) is 44.4 Å². The van der Waals surface area contributed by atoms with E-state index < -0.39 is 0 Å². The van der Waals surface area contributed by atoms with Crippen LogP contribution in [0.1, 0.15) is 48.0 Å². The Hall–Kier alpha value is -0.160. The molecule has 4 heteroatoms. The van der Waals surface area contributed by atoms with Gasteiger partial charge in [0.2, 0.25) is 0 Å². The molecular weight excluding hydrogens is 232 g/mol. The maximum atomic E-state index is 5.86. The van der Waals surface area contributed by atoms with Crippen LogP contribution in [0, 0.1) is 0 Å². The van der Waals surface area contributed by atoms with Crippen LogP contribution in [0.4, 0.5) is 0 Å². The average molecular weight is 262 g/mol. The number of methoxy groups -OCH3 is 1. The molecule has 0 aliphatic rings. The third-order valence-electron chi connectivity index (χ3n) is 2.65. The highest BCUT2D eigenvalue weighted by Crippen LogP contribution is 2.19. The summed E-state index contributed by atoms with van der Waals surface area (Å²) in [6, 6.07) is 0. The molecule has 0 heterocycles. The van der Waals surface area contributed by atoms with Gasteiger partial charge < -0.3 is 18.9 Å². The van der Waals surface area contributed by atoms with Crippen LogP contribution in [0.15, 0.2) is 0 Å². The molecule has 2 unspecified atom stereocenters. The lowest BCUT2D eigenvalue weighted by molar-refractivity contribution is -0.164. The van der Waals surface area contributed by atoms with Crippen LogP contribution >= 0.6 is 0 Å². The molecule has 0 saturated carbocycles. The first-order chi connectivity index (χ1) is 8.30. The van der Waals surface area contributed by atoms with Gasteiger partial charge in [-0.05, 0) is 41.5 Å². The van der Waals surface area contributed by atoms with E-state index in [0.717, 1.165) is 6.42 Å². The van der Waals surface area contributed by atoms with E-state index in [1.54, 1.807) is 7.11 Å². The Kier molecular flexibility index (Phi) is 8.78. The lowest BCUT2D eigenvalue weighted by atomic mass is 10.0. The van der Waals surface area contributed by atoms with Gasteiger partial charge in [0.1, 0.15) is 0 Å². The Morgan fingerprint density at radius 1 is 1.06 bits per heavy atom. The fraction of sp³-hybridized carbons (Fsp3) is 1.00. The Morgan fingerprint density at radius 3 is 2.11 bits per heavy atom. The summed E-state index contributed by atoms with van der Waals surface area (Å²) in [6.07, 6.45) is 0.788. The van der Waals surface area contributed by atoms with Gasteiger partial charge in [-0.1, -0.05) is 0 Å². The second-order valence-electron chi connectivity index (χ2n) is 5.33. The van der Waals surface area contributed by atoms with Gasteiger partial charge in [0, 0.05) is 20.1 Å². The summed E-state index contributed by atoms with van der Waals surface area (Å²) in [4.78, 5) is 0. The molecule has 2 atom stereocenters. The summed E-state index contributed by atoms with van der Waals surface area (Å²) >= 11 is 0. The summed E-state index contributed by atoms with van der Waals surface area (Å²) in [7, 11) is 1.72. The molecule has 0 amide bonds. The largest absolute Gasteiger partial charge is 0.379 e. The maximum Gasteiger partial charge on any atom is 0.154 e. The van der Waals surface area contributed by atoms with E-state index in [2.05, 4.69) is 13.8 Å².